The molecule has 0 heterocycles. The van der Waals surface area contributed by atoms with E-state index in [0.29, 0.717) is 0 Å². The van der Waals surface area contributed by atoms with E-state index >= 15 is 0 Å². The molecule has 0 N–H and O–H groups in total. The normalized spacial score (nSPS) is 13.4. The van der Waals surface area contributed by atoms with E-state index in [-0.39, 0.29) is 51.4 Å². The molecule has 0 atom stereocenters. The largest absolute Gasteiger partial charge is 0.0776 e. The van der Waals surface area contributed by atoms with Crippen molar-refractivity contribution >= 4 is 0 Å². The molecule has 528 valence electrons. The smallest absolute Gasteiger partial charge is 0.0716 e. The molecule has 0 saturated carbocycles. The van der Waals surface area contributed by atoms with Crippen molar-refractivity contribution in [1.29, 1.82) is 0 Å². The average molecular weight is 1390 g/mol. The van der Waals surface area contributed by atoms with Crippen LogP contribution in [0.15, 0.2) is 413 Å². The monoisotopic (exact) mass is 1390 g/mol. The molecule has 16 aromatic carbocycles. The Labute approximate surface area is 643 Å². The molecule has 0 nitrogen and oxygen atoms in total. The second kappa shape index (κ2) is 30.9. The lowest BCUT2D eigenvalue weighted by Gasteiger charge is -2.34. The molecule has 4 aliphatic rings. The molecule has 0 bridgehead atoms. The zero-order valence-corrected chi connectivity index (χ0v) is 59.3. The molecule has 0 radical (unpaired) electrons. The van der Waals surface area contributed by atoms with Gasteiger partial charge in [-0.25, -0.2) is 0 Å². The van der Waals surface area contributed by atoms with Crippen molar-refractivity contribution in [3.8, 4) is 44.5 Å². The highest BCUT2D eigenvalue weighted by molar-refractivity contribution is 5.91. The Balaban J connectivity index is 0.000000125. The van der Waals surface area contributed by atoms with Crippen LogP contribution in [0.3, 0.4) is 0 Å². The summed E-state index contributed by atoms with van der Waals surface area (Å²) >= 11 is 0. The molecule has 0 aliphatic heterocycles. The molecule has 0 unspecified atom stereocenters. The molecule has 0 fully saturated rings. The van der Waals surface area contributed by atoms with Gasteiger partial charge in [-0.15, -0.1) is 0 Å². The molecular weight excluding hydrogens is 1300 g/mol. The highest BCUT2D eigenvalue weighted by Crippen LogP contribution is 2.61. The van der Waals surface area contributed by atoms with Crippen LogP contribution < -0.4 is 0 Å². The first-order valence-corrected chi connectivity index (χ1v) is 36.6. The molecule has 0 amide bonds. The van der Waals surface area contributed by atoms with E-state index in [4.69, 9.17) is 0 Å². The lowest BCUT2D eigenvalue weighted by atomic mass is 9.67. The van der Waals surface area contributed by atoms with E-state index in [2.05, 4.69) is 440 Å². The van der Waals surface area contributed by atoms with Crippen LogP contribution in [-0.4, -0.2) is 0 Å². The predicted octanol–water partition coefficient (Wildman–Crippen LogP) is 28.0. The minimum Gasteiger partial charge on any atom is -0.0776 e. The summed E-state index contributed by atoms with van der Waals surface area (Å²) in [4.78, 5) is 0. The molecule has 0 aromatic heterocycles. The van der Waals surface area contributed by atoms with Gasteiger partial charge in [0.1, 0.15) is 0 Å². The Bertz CT molecular complexity index is 5490. The third-order valence-electron chi connectivity index (χ3n) is 22.6. The van der Waals surface area contributed by atoms with Gasteiger partial charge in [0.25, 0.3) is 0 Å². The molecule has 0 saturated heterocycles. The summed E-state index contributed by atoms with van der Waals surface area (Å²) in [6, 6.07) is 150. The summed E-state index contributed by atoms with van der Waals surface area (Å²) in [5.74, 6) is 0. The van der Waals surface area contributed by atoms with Gasteiger partial charge >= 0.3 is 0 Å². The van der Waals surface area contributed by atoms with E-state index in [0.717, 1.165) is 0 Å². The molecule has 16 aromatic rings. The zero-order valence-electron chi connectivity index (χ0n) is 59.3. The third kappa shape index (κ3) is 11.7. The maximum atomic E-state index is 2.37. The van der Waals surface area contributed by atoms with Crippen molar-refractivity contribution in [2.75, 3.05) is 0 Å². The van der Waals surface area contributed by atoms with Gasteiger partial charge in [0.2, 0.25) is 0 Å². The van der Waals surface area contributed by atoms with Gasteiger partial charge in [-0.1, -0.05) is 453 Å². The second-order valence-corrected chi connectivity index (χ2v) is 28.2. The molecule has 20 rings (SSSR count). The standard InChI is InChI=1S/4C26H20.4CH4/c1-19-11-10-17-23-22-16-8-9-18-24(22)26(25(19)23,20-12-4-2-5-13-20)21-14-6-3-7-15-21;1-19-11-10-18-24-25(19)22-16-8-9-17-23(22)26(24,20-12-4-2-5-13-20)21-14-6-3-7-15-21;1-19-16-17-25-23(18-19)22-14-8-9-15-24(22)26(25,20-10-4-2-5-11-20)21-12-6-3-7-13-21;1-19-16-17-23-22-14-8-9-15-24(22)26(25(23)18-19,20-10-4-2-5-11-20)21-12-6-3-7-13-21;;;;/h4*2-18H,1H3;4*1H4. The summed E-state index contributed by atoms with van der Waals surface area (Å²) in [5.41, 5.74) is 36.7. The molecule has 4 aliphatic carbocycles. The van der Waals surface area contributed by atoms with E-state index < -0.39 is 0 Å². The highest BCUT2D eigenvalue weighted by Gasteiger charge is 2.50. The van der Waals surface area contributed by atoms with Gasteiger partial charge in [-0.2, -0.15) is 0 Å². The quantitative estimate of drug-likeness (QED) is 0.142. The molecule has 0 spiro atoms. The number of rotatable bonds is 8. The van der Waals surface area contributed by atoms with Crippen LogP contribution in [-0.2, 0) is 21.7 Å². The fourth-order valence-electron chi connectivity index (χ4n) is 18.5. The minimum atomic E-state index is -0.264. The summed E-state index contributed by atoms with van der Waals surface area (Å²) in [6.07, 6.45) is 0. The van der Waals surface area contributed by atoms with Crippen molar-refractivity contribution in [3.63, 3.8) is 0 Å². The Morgan fingerprint density at radius 3 is 0.824 bits per heavy atom. The number of hydrogen-bond donors (Lipinski definition) is 0. The van der Waals surface area contributed by atoms with Gasteiger partial charge in [0.15, 0.2) is 0 Å². The van der Waals surface area contributed by atoms with Crippen LogP contribution in [0.4, 0.5) is 0 Å². The van der Waals surface area contributed by atoms with E-state index in [1.54, 1.807) is 0 Å². The van der Waals surface area contributed by atoms with Crippen molar-refractivity contribution in [2.24, 2.45) is 0 Å². The maximum absolute atomic E-state index is 2.37. The van der Waals surface area contributed by atoms with Crippen molar-refractivity contribution in [3.05, 3.63) is 524 Å². The fourth-order valence-corrected chi connectivity index (χ4v) is 18.5. The Morgan fingerprint density at radius 1 is 0.157 bits per heavy atom. The van der Waals surface area contributed by atoms with Crippen molar-refractivity contribution in [1.82, 2.24) is 0 Å². The third-order valence-corrected chi connectivity index (χ3v) is 22.6. The molecule has 0 heteroatoms. The van der Waals surface area contributed by atoms with Crippen LogP contribution >= 0.6 is 0 Å². The summed E-state index contributed by atoms with van der Waals surface area (Å²) in [7, 11) is 0. The lowest BCUT2D eigenvalue weighted by molar-refractivity contribution is 0.762. The van der Waals surface area contributed by atoms with Gasteiger partial charge in [-0.3, -0.25) is 0 Å². The van der Waals surface area contributed by atoms with Gasteiger partial charge in [-0.05, 0) is 172 Å². The molecule has 108 heavy (non-hydrogen) atoms. The van der Waals surface area contributed by atoms with Crippen LogP contribution in [0.25, 0.3) is 44.5 Å². The van der Waals surface area contributed by atoms with E-state index in [9.17, 15) is 0 Å². The highest BCUT2D eigenvalue weighted by atomic mass is 14.5. The summed E-state index contributed by atoms with van der Waals surface area (Å²) < 4.78 is 0. The zero-order chi connectivity index (χ0) is 70.2. The Hall–Kier alpha value is -12.5. The number of aryl methyl sites for hydroxylation is 4. The average Bonchev–Trinajstić information content (AvgIpc) is 1.56. The van der Waals surface area contributed by atoms with Crippen molar-refractivity contribution in [2.45, 2.75) is 79.1 Å². The lowest BCUT2D eigenvalue weighted by Crippen LogP contribution is -2.29. The number of fused-ring (bicyclic) bond motifs is 12. The Morgan fingerprint density at radius 2 is 0.407 bits per heavy atom. The topological polar surface area (TPSA) is 0 Å². The predicted molar refractivity (Wildman–Crippen MR) is 461 cm³/mol. The fraction of sp³-hybridized carbons (Fsp3) is 0.111. The van der Waals surface area contributed by atoms with E-state index in [1.165, 1.54) is 156 Å². The number of hydrogen-bond acceptors (Lipinski definition) is 0. The van der Waals surface area contributed by atoms with Gasteiger partial charge in [0.05, 0.1) is 21.7 Å². The first-order chi connectivity index (χ1) is 51.3. The maximum Gasteiger partial charge on any atom is 0.0716 e. The van der Waals surface area contributed by atoms with E-state index in [1.807, 2.05) is 0 Å². The van der Waals surface area contributed by atoms with Gasteiger partial charge in [0, 0.05) is 0 Å². The summed E-state index contributed by atoms with van der Waals surface area (Å²) in [5, 5.41) is 0. The SMILES string of the molecule is C.C.C.C.Cc1ccc2c(c1)-c1ccccc1C2(c1ccccc1)c1ccccc1.Cc1ccc2c(c1)C(c1ccccc1)(c1ccccc1)c1ccccc1-2.Cc1cccc2c1-c1ccccc1C2(c1ccccc1)c1ccccc1.Cc1cccc2c1C(c1ccccc1)(c1ccccc1)c1ccccc1-2. The van der Waals surface area contributed by atoms with Gasteiger partial charge < -0.3 is 0 Å². The van der Waals surface area contributed by atoms with Crippen LogP contribution in [0.5, 0.6) is 0 Å². The molecular formula is C108H96. The summed E-state index contributed by atoms with van der Waals surface area (Å²) in [6.45, 7) is 8.82. The Kier molecular flexibility index (Phi) is 21.1. The van der Waals surface area contributed by atoms with Crippen molar-refractivity contribution < 1.29 is 0 Å². The first-order valence-electron chi connectivity index (χ1n) is 36.6. The second-order valence-electron chi connectivity index (χ2n) is 28.2. The van der Waals surface area contributed by atoms with Crippen LogP contribution in [0, 0.1) is 27.7 Å². The minimum absolute atomic E-state index is 0. The van der Waals surface area contributed by atoms with Crippen LogP contribution in [0.2, 0.25) is 0 Å². The first kappa shape index (κ1) is 73.8. The van der Waals surface area contributed by atoms with Crippen LogP contribution in [0.1, 0.15) is 141 Å². The number of benzene rings is 16.